The minimum atomic E-state index is -1.05. The van der Waals surface area contributed by atoms with Crippen molar-refractivity contribution < 1.29 is 14.7 Å². The number of anilines is 1. The van der Waals surface area contributed by atoms with Crippen LogP contribution in [0.1, 0.15) is 19.4 Å². The summed E-state index contributed by atoms with van der Waals surface area (Å²) in [6.07, 6.45) is 0. The number of hydrogen-bond donors (Lipinski definition) is 2. The first kappa shape index (κ1) is 15.5. The maximum absolute atomic E-state index is 12.0. The van der Waals surface area contributed by atoms with Crippen molar-refractivity contribution in [1.82, 2.24) is 5.32 Å². The number of para-hydroxylation sites is 1. The fraction of sp³-hybridized carbons (Fsp3) is 0.357. The van der Waals surface area contributed by atoms with Gasteiger partial charge in [0.25, 0.3) is 0 Å². The van der Waals surface area contributed by atoms with Crippen molar-refractivity contribution >= 4 is 17.7 Å². The highest BCUT2D eigenvalue weighted by molar-refractivity contribution is 5.93. The highest BCUT2D eigenvalue weighted by atomic mass is 16.4. The molecule has 0 bridgehead atoms. The number of urea groups is 1. The van der Waals surface area contributed by atoms with Crippen LogP contribution >= 0.6 is 0 Å². The molecule has 0 heterocycles. The molecule has 0 fully saturated rings. The highest BCUT2D eigenvalue weighted by Crippen LogP contribution is 2.19. The van der Waals surface area contributed by atoms with Crippen LogP contribution in [0.2, 0.25) is 0 Å². The highest BCUT2D eigenvalue weighted by Gasteiger charge is 2.28. The maximum atomic E-state index is 12.0. The predicted octanol–water partition coefficient (Wildman–Crippen LogP) is 1.81. The monoisotopic (exact) mass is 275 g/mol. The second-order valence-electron chi connectivity index (χ2n) is 5.04. The van der Waals surface area contributed by atoms with E-state index in [-0.39, 0.29) is 6.54 Å². The molecule has 1 rings (SSSR count). The van der Waals surface area contributed by atoms with Crippen LogP contribution in [0.3, 0.4) is 0 Å². The molecule has 1 aromatic rings. The molecule has 20 heavy (non-hydrogen) atoms. The third-order valence-electron chi connectivity index (χ3n) is 2.95. The van der Waals surface area contributed by atoms with E-state index in [1.54, 1.807) is 24.3 Å². The van der Waals surface area contributed by atoms with Crippen LogP contribution in [0.5, 0.6) is 0 Å². The van der Waals surface area contributed by atoms with Gasteiger partial charge in [-0.05, 0) is 26.0 Å². The molecule has 1 aromatic carbocycles. The smallest absolute Gasteiger partial charge is 0.321 e. The Hall–Kier alpha value is -2.55. The lowest BCUT2D eigenvalue weighted by Crippen LogP contribution is -2.44. The molecule has 2 N–H and O–H groups in total. The van der Waals surface area contributed by atoms with Crippen molar-refractivity contribution in [3.05, 3.63) is 29.8 Å². The molecule has 0 radical (unpaired) electrons. The Morgan fingerprint density at radius 3 is 2.55 bits per heavy atom. The van der Waals surface area contributed by atoms with E-state index in [2.05, 4.69) is 5.32 Å². The third kappa shape index (κ3) is 3.48. The lowest BCUT2D eigenvalue weighted by atomic mass is 9.94. The first-order valence-corrected chi connectivity index (χ1v) is 6.03. The molecule has 0 aliphatic heterocycles. The number of aliphatic carboxylic acids is 1. The van der Waals surface area contributed by atoms with E-state index < -0.39 is 17.4 Å². The Morgan fingerprint density at radius 2 is 2.00 bits per heavy atom. The van der Waals surface area contributed by atoms with Crippen molar-refractivity contribution in [1.29, 1.82) is 5.26 Å². The van der Waals surface area contributed by atoms with Crippen LogP contribution in [0.4, 0.5) is 10.5 Å². The van der Waals surface area contributed by atoms with Gasteiger partial charge in [-0.3, -0.25) is 9.69 Å². The third-order valence-corrected chi connectivity index (χ3v) is 2.95. The quantitative estimate of drug-likeness (QED) is 0.876. The molecule has 2 amide bonds. The van der Waals surface area contributed by atoms with Gasteiger partial charge in [0, 0.05) is 13.6 Å². The minimum absolute atomic E-state index is 0.000225. The first-order chi connectivity index (χ1) is 9.29. The normalized spacial score (nSPS) is 10.5. The molecule has 0 aromatic heterocycles. The summed E-state index contributed by atoms with van der Waals surface area (Å²) in [5.41, 5.74) is -0.200. The van der Waals surface area contributed by atoms with Crippen LogP contribution in [-0.2, 0) is 4.79 Å². The first-order valence-electron chi connectivity index (χ1n) is 6.03. The van der Waals surface area contributed by atoms with E-state index in [4.69, 9.17) is 10.4 Å². The summed E-state index contributed by atoms with van der Waals surface area (Å²) in [5.74, 6) is -0.988. The molecule has 0 saturated heterocycles. The molecule has 0 aliphatic rings. The summed E-state index contributed by atoms with van der Waals surface area (Å²) in [6.45, 7) is 3.05. The summed E-state index contributed by atoms with van der Waals surface area (Å²) in [5, 5.41) is 20.5. The molecule has 0 atom stereocenters. The topological polar surface area (TPSA) is 93.4 Å². The molecule has 0 spiro atoms. The van der Waals surface area contributed by atoms with Crippen molar-refractivity contribution in [3.63, 3.8) is 0 Å². The molecule has 6 heteroatoms. The number of nitrogens with one attached hydrogen (secondary N) is 1. The number of carboxylic acid groups (broad SMARTS) is 1. The largest absolute Gasteiger partial charge is 0.481 e. The number of carbonyl (C=O) groups excluding carboxylic acids is 1. The molecular formula is C14H17N3O3. The minimum Gasteiger partial charge on any atom is -0.481 e. The van der Waals surface area contributed by atoms with Gasteiger partial charge in [-0.1, -0.05) is 12.1 Å². The Kier molecular flexibility index (Phi) is 4.70. The zero-order valence-electron chi connectivity index (χ0n) is 11.7. The standard InChI is InChI=1S/C14H17N3O3/c1-14(2,12(18)19)9-16-13(20)17(3)11-7-5-4-6-10(11)8-15/h4-7H,9H2,1-3H3,(H,16,20)(H,18,19). The Morgan fingerprint density at radius 1 is 1.40 bits per heavy atom. The molecule has 6 nitrogen and oxygen atoms in total. The number of carbonyl (C=O) groups is 2. The molecule has 0 unspecified atom stereocenters. The van der Waals surface area contributed by atoms with Gasteiger partial charge >= 0.3 is 12.0 Å². The van der Waals surface area contributed by atoms with Crippen LogP contribution in [0.25, 0.3) is 0 Å². The van der Waals surface area contributed by atoms with Crippen LogP contribution in [0, 0.1) is 16.7 Å². The second-order valence-corrected chi connectivity index (χ2v) is 5.04. The van der Waals surface area contributed by atoms with Gasteiger partial charge in [0.15, 0.2) is 0 Å². The molecule has 0 aliphatic carbocycles. The van der Waals surface area contributed by atoms with E-state index >= 15 is 0 Å². The van der Waals surface area contributed by atoms with Gasteiger partial charge in [0.05, 0.1) is 16.7 Å². The average Bonchev–Trinajstić information content (AvgIpc) is 2.43. The van der Waals surface area contributed by atoms with Gasteiger partial charge < -0.3 is 10.4 Å². The van der Waals surface area contributed by atoms with Gasteiger partial charge in [-0.25, -0.2) is 4.79 Å². The maximum Gasteiger partial charge on any atom is 0.321 e. The fourth-order valence-corrected chi connectivity index (χ4v) is 1.46. The Labute approximate surface area is 117 Å². The zero-order valence-corrected chi connectivity index (χ0v) is 11.7. The van der Waals surface area contributed by atoms with E-state index in [9.17, 15) is 9.59 Å². The molecule has 106 valence electrons. The van der Waals surface area contributed by atoms with Gasteiger partial charge in [0.1, 0.15) is 6.07 Å². The Balaban J connectivity index is 2.78. The fourth-order valence-electron chi connectivity index (χ4n) is 1.46. The number of carboxylic acids is 1. The van der Waals surface area contributed by atoms with Crippen LogP contribution in [-0.4, -0.2) is 30.7 Å². The van der Waals surface area contributed by atoms with Gasteiger partial charge in [-0.15, -0.1) is 0 Å². The predicted molar refractivity (Wildman–Crippen MR) is 74.4 cm³/mol. The number of nitriles is 1. The van der Waals surface area contributed by atoms with Crippen molar-refractivity contribution in [2.45, 2.75) is 13.8 Å². The van der Waals surface area contributed by atoms with Gasteiger partial charge in [0.2, 0.25) is 0 Å². The van der Waals surface area contributed by atoms with Gasteiger partial charge in [-0.2, -0.15) is 5.26 Å². The lowest BCUT2D eigenvalue weighted by Gasteiger charge is -2.23. The summed E-state index contributed by atoms with van der Waals surface area (Å²) in [4.78, 5) is 24.2. The van der Waals surface area contributed by atoms with Crippen molar-refractivity contribution in [3.8, 4) is 6.07 Å². The SMILES string of the molecule is CN(C(=O)NCC(C)(C)C(=O)O)c1ccccc1C#N. The number of benzene rings is 1. The summed E-state index contributed by atoms with van der Waals surface area (Å²) >= 11 is 0. The van der Waals surface area contributed by atoms with Crippen molar-refractivity contribution in [2.75, 3.05) is 18.5 Å². The number of nitrogens with zero attached hydrogens (tertiary/aromatic N) is 2. The zero-order chi connectivity index (χ0) is 15.3. The van der Waals surface area contributed by atoms with E-state index in [1.807, 2.05) is 6.07 Å². The average molecular weight is 275 g/mol. The van der Waals surface area contributed by atoms with E-state index in [0.717, 1.165) is 0 Å². The number of hydrogen-bond acceptors (Lipinski definition) is 3. The summed E-state index contributed by atoms with van der Waals surface area (Å²) < 4.78 is 0. The van der Waals surface area contributed by atoms with Crippen LogP contribution < -0.4 is 10.2 Å². The number of amides is 2. The lowest BCUT2D eigenvalue weighted by molar-refractivity contribution is -0.146. The van der Waals surface area contributed by atoms with Crippen molar-refractivity contribution in [2.24, 2.45) is 5.41 Å². The molecule has 0 saturated carbocycles. The molecular weight excluding hydrogens is 258 g/mol. The number of rotatable bonds is 4. The van der Waals surface area contributed by atoms with Crippen LogP contribution in [0.15, 0.2) is 24.3 Å². The Bertz CT molecular complexity index is 561. The van der Waals surface area contributed by atoms with E-state index in [0.29, 0.717) is 11.3 Å². The summed E-state index contributed by atoms with van der Waals surface area (Å²) in [7, 11) is 1.53. The summed E-state index contributed by atoms with van der Waals surface area (Å²) in [6, 6.07) is 8.25. The van der Waals surface area contributed by atoms with E-state index in [1.165, 1.54) is 25.8 Å². The second kappa shape index (κ2) is 6.06.